The summed E-state index contributed by atoms with van der Waals surface area (Å²) in [5, 5.41) is 9.55. The monoisotopic (exact) mass is 275 g/mol. The number of anilines is 2. The lowest BCUT2D eigenvalue weighted by Crippen LogP contribution is -2.42. The van der Waals surface area contributed by atoms with Crippen molar-refractivity contribution in [1.82, 2.24) is 15.3 Å². The van der Waals surface area contributed by atoms with Gasteiger partial charge in [-0.1, -0.05) is 0 Å². The second-order valence-corrected chi connectivity index (χ2v) is 5.49. The lowest BCUT2D eigenvalue weighted by Gasteiger charge is -2.24. The third-order valence-corrected chi connectivity index (χ3v) is 3.66. The number of piperidine rings is 1. The third-order valence-electron chi connectivity index (χ3n) is 3.66. The summed E-state index contributed by atoms with van der Waals surface area (Å²) in [5.74, 6) is 3.34. The molecule has 1 amide bonds. The van der Waals surface area contributed by atoms with Crippen LogP contribution in [0.4, 0.5) is 11.6 Å². The summed E-state index contributed by atoms with van der Waals surface area (Å²) in [4.78, 5) is 20.4. The van der Waals surface area contributed by atoms with E-state index >= 15 is 0 Å². The topological polar surface area (TPSA) is 78.9 Å². The molecule has 1 aromatic rings. The molecule has 0 spiro atoms. The van der Waals surface area contributed by atoms with Crippen molar-refractivity contribution < 1.29 is 4.79 Å². The van der Waals surface area contributed by atoms with Gasteiger partial charge in [-0.25, -0.2) is 9.97 Å². The first-order chi connectivity index (χ1) is 9.74. The Hall–Kier alpha value is -1.85. The number of rotatable bonds is 5. The Balaban J connectivity index is 1.72. The molecule has 0 aromatic carbocycles. The average Bonchev–Trinajstić information content (AvgIpc) is 3.26. The molecule has 1 aliphatic heterocycles. The van der Waals surface area contributed by atoms with Crippen LogP contribution in [0.3, 0.4) is 0 Å². The molecule has 1 atom stereocenters. The van der Waals surface area contributed by atoms with Crippen molar-refractivity contribution >= 4 is 17.5 Å². The van der Waals surface area contributed by atoms with E-state index in [4.69, 9.17) is 0 Å². The minimum Gasteiger partial charge on any atom is -0.370 e. The average molecular weight is 275 g/mol. The van der Waals surface area contributed by atoms with Gasteiger partial charge in [0.2, 0.25) is 5.91 Å². The van der Waals surface area contributed by atoms with Crippen molar-refractivity contribution in [1.29, 1.82) is 0 Å². The zero-order valence-electron chi connectivity index (χ0n) is 11.8. The maximum absolute atomic E-state index is 11.2. The first-order valence-electron chi connectivity index (χ1n) is 7.40. The highest BCUT2D eigenvalue weighted by molar-refractivity contribution is 5.77. The maximum atomic E-state index is 11.2. The number of carbonyl (C=O) groups is 1. The SMILES string of the molecule is CCNc1cc(NC2CCC(=O)NC2)nc(C2CC2)n1. The van der Waals surface area contributed by atoms with Crippen molar-refractivity contribution in [3.8, 4) is 0 Å². The highest BCUT2D eigenvalue weighted by Crippen LogP contribution is 2.38. The van der Waals surface area contributed by atoms with Crippen molar-refractivity contribution in [3.63, 3.8) is 0 Å². The van der Waals surface area contributed by atoms with Crippen molar-refractivity contribution in [3.05, 3.63) is 11.9 Å². The van der Waals surface area contributed by atoms with Gasteiger partial charge in [-0.3, -0.25) is 4.79 Å². The molecular formula is C14H21N5O. The van der Waals surface area contributed by atoms with Gasteiger partial charge in [0.15, 0.2) is 0 Å². The molecule has 1 aromatic heterocycles. The number of aromatic nitrogens is 2. The minimum atomic E-state index is 0.137. The summed E-state index contributed by atoms with van der Waals surface area (Å²) in [5.41, 5.74) is 0. The predicted molar refractivity (Wildman–Crippen MR) is 77.8 cm³/mol. The molecule has 3 rings (SSSR count). The summed E-state index contributed by atoms with van der Waals surface area (Å²) in [7, 11) is 0. The van der Waals surface area contributed by atoms with Gasteiger partial charge in [-0.05, 0) is 26.2 Å². The van der Waals surface area contributed by atoms with Gasteiger partial charge in [0.1, 0.15) is 17.5 Å². The quantitative estimate of drug-likeness (QED) is 0.758. The van der Waals surface area contributed by atoms with Crippen molar-refractivity contribution in [2.75, 3.05) is 23.7 Å². The molecule has 2 aliphatic rings. The molecule has 2 fully saturated rings. The summed E-state index contributed by atoms with van der Waals surface area (Å²) < 4.78 is 0. The van der Waals surface area contributed by atoms with Crippen LogP contribution in [0.25, 0.3) is 0 Å². The molecule has 1 saturated carbocycles. The molecule has 1 aliphatic carbocycles. The normalized spacial score (nSPS) is 22.2. The summed E-state index contributed by atoms with van der Waals surface area (Å²) in [6, 6.07) is 2.20. The van der Waals surface area contributed by atoms with Gasteiger partial charge < -0.3 is 16.0 Å². The van der Waals surface area contributed by atoms with E-state index in [0.29, 0.717) is 18.9 Å². The van der Waals surface area contributed by atoms with Crippen LogP contribution in [0.15, 0.2) is 6.07 Å². The lowest BCUT2D eigenvalue weighted by molar-refractivity contribution is -0.122. The molecule has 1 unspecified atom stereocenters. The van der Waals surface area contributed by atoms with Crippen LogP contribution in [0.5, 0.6) is 0 Å². The molecular weight excluding hydrogens is 254 g/mol. The third kappa shape index (κ3) is 3.18. The Kier molecular flexibility index (Phi) is 3.71. The van der Waals surface area contributed by atoms with Crippen LogP contribution in [0.1, 0.15) is 44.3 Å². The summed E-state index contributed by atoms with van der Waals surface area (Å²) >= 11 is 0. The van der Waals surface area contributed by atoms with E-state index in [1.54, 1.807) is 0 Å². The van der Waals surface area contributed by atoms with Crippen molar-refractivity contribution in [2.24, 2.45) is 0 Å². The summed E-state index contributed by atoms with van der Waals surface area (Å²) in [6.07, 6.45) is 3.81. The fraction of sp³-hybridized carbons (Fsp3) is 0.643. The molecule has 108 valence electrons. The van der Waals surface area contributed by atoms with Gasteiger partial charge in [-0.2, -0.15) is 0 Å². The van der Waals surface area contributed by atoms with Gasteiger partial charge >= 0.3 is 0 Å². The standard InChI is InChI=1S/C14H21N5O/c1-2-15-11-7-12(19-14(18-11)9-3-4-9)17-10-5-6-13(20)16-8-10/h7,9-10H,2-6,8H2,1H3,(H,16,20)(H2,15,17,18,19). The zero-order chi connectivity index (χ0) is 13.9. The fourth-order valence-corrected chi connectivity index (χ4v) is 2.40. The fourth-order valence-electron chi connectivity index (χ4n) is 2.40. The molecule has 0 radical (unpaired) electrons. The van der Waals surface area contributed by atoms with Gasteiger partial charge in [0, 0.05) is 37.5 Å². The Labute approximate surface area is 118 Å². The Morgan fingerprint density at radius 3 is 2.75 bits per heavy atom. The van der Waals surface area contributed by atoms with Crippen molar-refractivity contribution in [2.45, 2.75) is 44.6 Å². The Bertz CT molecular complexity index is 490. The van der Waals surface area contributed by atoms with E-state index in [9.17, 15) is 4.79 Å². The number of amides is 1. The van der Waals surface area contributed by atoms with Gasteiger partial charge in [0.05, 0.1) is 0 Å². The predicted octanol–water partition coefficient (Wildman–Crippen LogP) is 1.48. The highest BCUT2D eigenvalue weighted by atomic mass is 16.1. The first-order valence-corrected chi connectivity index (χ1v) is 7.40. The lowest BCUT2D eigenvalue weighted by atomic mass is 10.1. The molecule has 1 saturated heterocycles. The van der Waals surface area contributed by atoms with E-state index in [2.05, 4.69) is 32.8 Å². The minimum absolute atomic E-state index is 0.137. The molecule has 6 nitrogen and oxygen atoms in total. The summed E-state index contributed by atoms with van der Waals surface area (Å²) in [6.45, 7) is 3.57. The van der Waals surface area contributed by atoms with Crippen LogP contribution in [-0.4, -0.2) is 35.0 Å². The molecule has 0 bridgehead atoms. The van der Waals surface area contributed by atoms with Crippen LogP contribution < -0.4 is 16.0 Å². The number of nitrogens with one attached hydrogen (secondary N) is 3. The molecule has 3 N–H and O–H groups in total. The van der Waals surface area contributed by atoms with Gasteiger partial charge in [-0.15, -0.1) is 0 Å². The van der Waals surface area contributed by atoms with Crippen LogP contribution in [-0.2, 0) is 4.79 Å². The first kappa shape index (κ1) is 13.1. The molecule has 6 heteroatoms. The van der Waals surface area contributed by atoms with E-state index in [-0.39, 0.29) is 11.9 Å². The molecule has 20 heavy (non-hydrogen) atoms. The molecule has 2 heterocycles. The van der Waals surface area contributed by atoms with Crippen LogP contribution in [0, 0.1) is 0 Å². The van der Waals surface area contributed by atoms with E-state index in [1.807, 2.05) is 6.07 Å². The highest BCUT2D eigenvalue weighted by Gasteiger charge is 2.28. The zero-order valence-corrected chi connectivity index (χ0v) is 11.8. The smallest absolute Gasteiger partial charge is 0.220 e. The number of hydrogen-bond donors (Lipinski definition) is 3. The number of nitrogens with zero attached hydrogens (tertiary/aromatic N) is 2. The number of carbonyl (C=O) groups excluding carboxylic acids is 1. The van der Waals surface area contributed by atoms with Crippen LogP contribution in [0.2, 0.25) is 0 Å². The van der Waals surface area contributed by atoms with E-state index in [0.717, 1.165) is 30.4 Å². The van der Waals surface area contributed by atoms with Crippen LogP contribution >= 0.6 is 0 Å². The van der Waals surface area contributed by atoms with Gasteiger partial charge in [0.25, 0.3) is 0 Å². The number of hydrogen-bond acceptors (Lipinski definition) is 5. The largest absolute Gasteiger partial charge is 0.370 e. The van der Waals surface area contributed by atoms with E-state index < -0.39 is 0 Å². The van der Waals surface area contributed by atoms with E-state index in [1.165, 1.54) is 12.8 Å². The second kappa shape index (κ2) is 5.64. The Morgan fingerprint density at radius 1 is 1.30 bits per heavy atom. The second-order valence-electron chi connectivity index (χ2n) is 5.49. The Morgan fingerprint density at radius 2 is 2.10 bits per heavy atom. The maximum Gasteiger partial charge on any atom is 0.220 e.